The molecule has 0 bridgehead atoms. The summed E-state index contributed by atoms with van der Waals surface area (Å²) in [5.74, 6) is -2.05. The smallest absolute Gasteiger partial charge is 0.408 e. The molecule has 10 heteroatoms. The lowest BCUT2D eigenvalue weighted by Crippen LogP contribution is -2.59. The quantitative estimate of drug-likeness (QED) is 0.229. The molecule has 0 saturated carbocycles. The zero-order valence-corrected chi connectivity index (χ0v) is 24.3. The van der Waals surface area contributed by atoms with Crippen molar-refractivity contribution in [2.45, 2.75) is 77.6 Å². The molecule has 2 aromatic carbocycles. The van der Waals surface area contributed by atoms with Gasteiger partial charge in [0.15, 0.2) is 0 Å². The number of H-pyrrole nitrogens is 1. The summed E-state index contributed by atoms with van der Waals surface area (Å²) in [6.07, 6.45) is 1.99. The van der Waals surface area contributed by atoms with Crippen molar-refractivity contribution in [3.8, 4) is 0 Å². The molecule has 0 saturated heterocycles. The lowest BCUT2D eigenvalue weighted by atomic mass is 9.96. The van der Waals surface area contributed by atoms with E-state index in [-0.39, 0.29) is 18.8 Å². The fourth-order valence-electron chi connectivity index (χ4n) is 4.47. The molecule has 0 aliphatic carbocycles. The Morgan fingerprint density at radius 2 is 1.54 bits per heavy atom. The summed E-state index contributed by atoms with van der Waals surface area (Å²) in [6.45, 7) is 8.92. The molecule has 6 N–H and O–H groups in total. The van der Waals surface area contributed by atoms with Gasteiger partial charge in [0.25, 0.3) is 0 Å². The first-order chi connectivity index (χ1) is 19.4. The predicted molar refractivity (Wildman–Crippen MR) is 158 cm³/mol. The van der Waals surface area contributed by atoms with Gasteiger partial charge >= 0.3 is 6.09 Å². The van der Waals surface area contributed by atoms with E-state index >= 15 is 0 Å². The number of aromatic nitrogens is 1. The van der Waals surface area contributed by atoms with Gasteiger partial charge in [-0.2, -0.15) is 0 Å². The maximum Gasteiger partial charge on any atom is 0.408 e. The Hall–Kier alpha value is -4.34. The van der Waals surface area contributed by atoms with Crippen LogP contribution in [0.5, 0.6) is 0 Å². The number of ether oxygens (including phenoxy) is 1. The molecule has 4 amide bonds. The topological polar surface area (TPSA) is 155 Å². The molecule has 4 atom stereocenters. The van der Waals surface area contributed by atoms with Crippen molar-refractivity contribution >= 4 is 34.7 Å². The van der Waals surface area contributed by atoms with E-state index in [0.29, 0.717) is 6.42 Å². The van der Waals surface area contributed by atoms with Crippen LogP contribution in [0.3, 0.4) is 0 Å². The number of fused-ring (bicyclic) bond motifs is 1. The molecule has 10 nitrogen and oxygen atoms in total. The predicted octanol–water partition coefficient (Wildman–Crippen LogP) is 3.35. The number of nitrogens with one attached hydrogen (secondary N) is 4. The van der Waals surface area contributed by atoms with Crippen LogP contribution in [0, 0.1) is 5.92 Å². The van der Waals surface area contributed by atoms with Crippen molar-refractivity contribution in [1.29, 1.82) is 0 Å². The van der Waals surface area contributed by atoms with Gasteiger partial charge in [-0.25, -0.2) is 4.79 Å². The second-order valence-corrected chi connectivity index (χ2v) is 11.3. The molecule has 3 rings (SSSR count). The highest BCUT2D eigenvalue weighted by molar-refractivity contribution is 5.94. The molecule has 0 aliphatic heterocycles. The van der Waals surface area contributed by atoms with Gasteiger partial charge in [0.2, 0.25) is 17.7 Å². The Labute approximate surface area is 240 Å². The molecule has 0 radical (unpaired) electrons. The third kappa shape index (κ3) is 9.09. The maximum absolute atomic E-state index is 13.7. The Balaban J connectivity index is 1.82. The van der Waals surface area contributed by atoms with Gasteiger partial charge in [-0.1, -0.05) is 68.8 Å². The Morgan fingerprint density at radius 3 is 2.17 bits per heavy atom. The number of carbonyl (C=O) groups is 4. The third-order valence-electron chi connectivity index (χ3n) is 6.84. The average Bonchev–Trinajstić information content (AvgIpc) is 3.32. The SMILES string of the molecule is CC[C@H](C)[C@H](NC(=O)[C@H](Cc1c[nH]c2ccccc12)NC(=O)OC(C)(C)C)C(=O)N[C@@H](Cc1ccccc1)C(N)=O. The molecular formula is C31H41N5O5. The van der Waals surface area contributed by atoms with Crippen molar-refractivity contribution in [2.75, 3.05) is 0 Å². The monoisotopic (exact) mass is 563 g/mol. The molecular weight excluding hydrogens is 522 g/mol. The first-order valence-electron chi connectivity index (χ1n) is 13.9. The molecule has 0 fully saturated rings. The largest absolute Gasteiger partial charge is 0.444 e. The number of carbonyl (C=O) groups excluding carboxylic acids is 4. The normalized spacial score (nSPS) is 14.4. The second kappa shape index (κ2) is 13.8. The molecule has 0 aliphatic rings. The number of aromatic amines is 1. The number of hydrogen-bond acceptors (Lipinski definition) is 5. The summed E-state index contributed by atoms with van der Waals surface area (Å²) < 4.78 is 5.41. The first-order valence-corrected chi connectivity index (χ1v) is 13.9. The number of benzene rings is 2. The Kier molecular flexibility index (Phi) is 10.5. The fourth-order valence-corrected chi connectivity index (χ4v) is 4.47. The van der Waals surface area contributed by atoms with Crippen molar-refractivity contribution in [2.24, 2.45) is 11.7 Å². The number of rotatable bonds is 12. The fraction of sp³-hybridized carbons (Fsp3) is 0.419. The van der Waals surface area contributed by atoms with Crippen molar-refractivity contribution < 1.29 is 23.9 Å². The van der Waals surface area contributed by atoms with Gasteiger partial charge in [0, 0.05) is 29.9 Å². The van der Waals surface area contributed by atoms with Crippen LogP contribution >= 0.6 is 0 Å². The standard InChI is InChI=1S/C31H41N5O5/c1-6-19(2)26(29(39)34-24(27(32)37)16-20-12-8-7-9-13-20)36-28(38)25(35-30(40)41-31(3,4)5)17-21-18-33-23-15-11-10-14-22(21)23/h7-15,18-19,24-26,33H,6,16-17H2,1-5H3,(H2,32,37)(H,34,39)(H,35,40)(H,36,38)/t19-,24-,25-,26-/m0/s1. The number of hydrogen-bond donors (Lipinski definition) is 5. The van der Waals surface area contributed by atoms with E-state index in [9.17, 15) is 19.2 Å². The summed E-state index contributed by atoms with van der Waals surface area (Å²) in [7, 11) is 0. The maximum atomic E-state index is 13.7. The van der Waals surface area contributed by atoms with Crippen molar-refractivity contribution in [3.05, 3.63) is 71.9 Å². The molecule has 0 unspecified atom stereocenters. The first kappa shape index (κ1) is 31.2. The molecule has 220 valence electrons. The van der Waals surface area contributed by atoms with Crippen LogP contribution < -0.4 is 21.7 Å². The van der Waals surface area contributed by atoms with Gasteiger partial charge in [-0.3, -0.25) is 14.4 Å². The highest BCUT2D eigenvalue weighted by Gasteiger charge is 2.33. The van der Waals surface area contributed by atoms with E-state index in [1.807, 2.05) is 68.4 Å². The molecule has 1 heterocycles. The zero-order valence-electron chi connectivity index (χ0n) is 24.3. The van der Waals surface area contributed by atoms with Crippen molar-refractivity contribution in [3.63, 3.8) is 0 Å². The summed E-state index contributed by atoms with van der Waals surface area (Å²) in [6, 6.07) is 13.9. The van der Waals surface area contributed by atoms with E-state index in [1.165, 1.54) is 0 Å². The third-order valence-corrected chi connectivity index (χ3v) is 6.84. The van der Waals surface area contributed by atoms with E-state index in [2.05, 4.69) is 20.9 Å². The number of nitrogens with two attached hydrogens (primary N) is 1. The number of primary amides is 1. The minimum absolute atomic E-state index is 0.155. The number of para-hydroxylation sites is 1. The van der Waals surface area contributed by atoms with Crippen LogP contribution in [0.25, 0.3) is 10.9 Å². The van der Waals surface area contributed by atoms with Crippen LogP contribution in [-0.2, 0) is 32.0 Å². The van der Waals surface area contributed by atoms with E-state index in [1.54, 1.807) is 27.0 Å². The lowest BCUT2D eigenvalue weighted by Gasteiger charge is -2.28. The number of amides is 4. The van der Waals surface area contributed by atoms with E-state index in [4.69, 9.17) is 10.5 Å². The molecule has 3 aromatic rings. The summed E-state index contributed by atoms with van der Waals surface area (Å²) in [5, 5.41) is 9.13. The van der Waals surface area contributed by atoms with Crippen LogP contribution in [0.1, 0.15) is 52.2 Å². The van der Waals surface area contributed by atoms with E-state index in [0.717, 1.165) is 22.0 Å². The van der Waals surface area contributed by atoms with Crippen LogP contribution in [-0.4, -0.2) is 52.5 Å². The minimum atomic E-state index is -1.04. The number of alkyl carbamates (subject to hydrolysis) is 1. The Bertz CT molecular complexity index is 1350. The van der Waals surface area contributed by atoms with Crippen molar-refractivity contribution in [1.82, 2.24) is 20.9 Å². The Morgan fingerprint density at radius 1 is 0.878 bits per heavy atom. The molecule has 41 heavy (non-hydrogen) atoms. The van der Waals surface area contributed by atoms with Gasteiger partial charge in [-0.15, -0.1) is 0 Å². The molecule has 0 spiro atoms. The zero-order chi connectivity index (χ0) is 30.2. The minimum Gasteiger partial charge on any atom is -0.444 e. The van der Waals surface area contributed by atoms with Crippen LogP contribution in [0.2, 0.25) is 0 Å². The highest BCUT2D eigenvalue weighted by Crippen LogP contribution is 2.20. The summed E-state index contributed by atoms with van der Waals surface area (Å²) in [5.41, 5.74) is 7.39. The molecule has 1 aromatic heterocycles. The lowest BCUT2D eigenvalue weighted by molar-refractivity contribution is -0.133. The van der Waals surface area contributed by atoms with Gasteiger partial charge < -0.3 is 31.4 Å². The van der Waals surface area contributed by atoms with Crippen LogP contribution in [0.15, 0.2) is 60.8 Å². The second-order valence-electron chi connectivity index (χ2n) is 11.3. The van der Waals surface area contributed by atoms with Gasteiger partial charge in [-0.05, 0) is 43.9 Å². The average molecular weight is 564 g/mol. The summed E-state index contributed by atoms with van der Waals surface area (Å²) in [4.78, 5) is 55.3. The van der Waals surface area contributed by atoms with E-state index < -0.39 is 47.5 Å². The van der Waals surface area contributed by atoms with Gasteiger partial charge in [0.05, 0.1) is 0 Å². The van der Waals surface area contributed by atoms with Gasteiger partial charge in [0.1, 0.15) is 23.7 Å². The highest BCUT2D eigenvalue weighted by atomic mass is 16.6. The van der Waals surface area contributed by atoms with Crippen LogP contribution in [0.4, 0.5) is 4.79 Å². The summed E-state index contributed by atoms with van der Waals surface area (Å²) >= 11 is 0.